The zero-order chi connectivity index (χ0) is 14.0. The first-order chi connectivity index (χ1) is 8.18. The summed E-state index contributed by atoms with van der Waals surface area (Å²) in [6.45, 7) is 11.6. The van der Waals surface area contributed by atoms with E-state index >= 15 is 0 Å². The van der Waals surface area contributed by atoms with E-state index in [0.29, 0.717) is 5.41 Å². The molecule has 3 N–H and O–H groups in total. The van der Waals surface area contributed by atoms with Gasteiger partial charge in [0.05, 0.1) is 0 Å². The molecule has 0 heterocycles. The quantitative estimate of drug-likeness (QED) is 0.786. The van der Waals surface area contributed by atoms with Crippen LogP contribution in [-0.2, 0) is 0 Å². The topological polar surface area (TPSA) is 46.2 Å². The van der Waals surface area contributed by atoms with Crippen LogP contribution >= 0.6 is 0 Å². The van der Waals surface area contributed by atoms with Gasteiger partial charge in [0, 0.05) is 12.1 Å². The third-order valence-corrected chi connectivity index (χ3v) is 5.92. The van der Waals surface area contributed by atoms with Crippen molar-refractivity contribution >= 4 is 0 Å². The monoisotopic (exact) mass is 255 g/mol. The van der Waals surface area contributed by atoms with Crippen molar-refractivity contribution in [2.24, 2.45) is 22.5 Å². The van der Waals surface area contributed by atoms with Crippen LogP contribution in [-0.4, -0.2) is 17.3 Å². The second kappa shape index (κ2) is 5.50. The van der Waals surface area contributed by atoms with Crippen LogP contribution in [0.15, 0.2) is 0 Å². The molecule has 0 unspecified atom stereocenters. The van der Waals surface area contributed by atoms with Crippen LogP contribution < -0.4 is 5.73 Å². The lowest BCUT2D eigenvalue weighted by Gasteiger charge is -2.51. The Labute approximate surface area is 113 Å². The highest BCUT2D eigenvalue weighted by molar-refractivity contribution is 5.00. The smallest absolute Gasteiger partial charge is 0.0437 e. The van der Waals surface area contributed by atoms with Crippen molar-refractivity contribution < 1.29 is 5.11 Å². The standard InChI is InChI=1S/C16H33NO/c1-6-14(2,3)13-7-9-16(10-8-13,11-12-18)15(4,5)17/h13,18H,6-12,17H2,1-5H3. The maximum atomic E-state index is 9.36. The highest BCUT2D eigenvalue weighted by Crippen LogP contribution is 2.51. The lowest BCUT2D eigenvalue weighted by molar-refractivity contribution is 0.0102. The van der Waals surface area contributed by atoms with E-state index < -0.39 is 0 Å². The molecule has 1 aliphatic rings. The van der Waals surface area contributed by atoms with Crippen molar-refractivity contribution in [2.75, 3.05) is 6.61 Å². The molecule has 108 valence electrons. The molecule has 1 rings (SSSR count). The minimum atomic E-state index is -0.183. The van der Waals surface area contributed by atoms with Gasteiger partial charge in [-0.2, -0.15) is 0 Å². The van der Waals surface area contributed by atoms with Crippen LogP contribution in [0.4, 0.5) is 0 Å². The number of hydrogen-bond donors (Lipinski definition) is 2. The molecule has 0 bridgehead atoms. The van der Waals surface area contributed by atoms with E-state index in [1.54, 1.807) is 0 Å². The third-order valence-electron chi connectivity index (χ3n) is 5.92. The Kier molecular flexibility index (Phi) is 4.88. The molecule has 0 radical (unpaired) electrons. The van der Waals surface area contributed by atoms with Gasteiger partial charge in [0.2, 0.25) is 0 Å². The van der Waals surface area contributed by atoms with Crippen molar-refractivity contribution in [3.05, 3.63) is 0 Å². The first kappa shape index (κ1) is 16.0. The zero-order valence-corrected chi connectivity index (χ0v) is 13.1. The largest absolute Gasteiger partial charge is 0.396 e. The Morgan fingerprint density at radius 2 is 1.67 bits per heavy atom. The number of hydrogen-bond acceptors (Lipinski definition) is 2. The average molecular weight is 255 g/mol. The highest BCUT2D eigenvalue weighted by atomic mass is 16.3. The summed E-state index contributed by atoms with van der Waals surface area (Å²) in [7, 11) is 0. The molecule has 1 fully saturated rings. The summed E-state index contributed by atoms with van der Waals surface area (Å²) < 4.78 is 0. The second-order valence-electron chi connectivity index (χ2n) is 7.59. The Morgan fingerprint density at radius 3 is 2.00 bits per heavy atom. The molecule has 0 amide bonds. The fourth-order valence-corrected chi connectivity index (χ4v) is 3.67. The molecule has 1 saturated carbocycles. The Hall–Kier alpha value is -0.0800. The summed E-state index contributed by atoms with van der Waals surface area (Å²) in [5, 5.41) is 9.36. The number of aliphatic hydroxyl groups excluding tert-OH is 1. The lowest BCUT2D eigenvalue weighted by atomic mass is 9.56. The predicted molar refractivity (Wildman–Crippen MR) is 78.4 cm³/mol. The lowest BCUT2D eigenvalue weighted by Crippen LogP contribution is -2.53. The Bertz CT molecular complexity index is 257. The molecule has 1 aliphatic carbocycles. The summed E-state index contributed by atoms with van der Waals surface area (Å²) in [6.07, 6.45) is 6.98. The van der Waals surface area contributed by atoms with Crippen LogP contribution in [0, 0.1) is 16.7 Å². The molecule has 18 heavy (non-hydrogen) atoms. The van der Waals surface area contributed by atoms with E-state index in [0.717, 1.165) is 12.3 Å². The van der Waals surface area contributed by atoms with E-state index in [1.165, 1.54) is 32.1 Å². The van der Waals surface area contributed by atoms with E-state index in [2.05, 4.69) is 34.6 Å². The molecule has 0 aromatic rings. The summed E-state index contributed by atoms with van der Waals surface area (Å²) >= 11 is 0. The summed E-state index contributed by atoms with van der Waals surface area (Å²) in [5.74, 6) is 0.816. The Morgan fingerprint density at radius 1 is 1.17 bits per heavy atom. The number of nitrogens with two attached hydrogens (primary N) is 1. The fourth-order valence-electron chi connectivity index (χ4n) is 3.67. The molecule has 0 atom stereocenters. The van der Waals surface area contributed by atoms with E-state index in [4.69, 9.17) is 5.73 Å². The second-order valence-corrected chi connectivity index (χ2v) is 7.59. The van der Waals surface area contributed by atoms with Gasteiger partial charge in [-0.3, -0.25) is 0 Å². The molecular formula is C16H33NO. The summed E-state index contributed by atoms with van der Waals surface area (Å²) in [5.41, 5.74) is 6.81. The average Bonchev–Trinajstić information content (AvgIpc) is 2.28. The van der Waals surface area contributed by atoms with E-state index in [1.807, 2.05) is 0 Å². The van der Waals surface area contributed by atoms with Gasteiger partial charge in [-0.15, -0.1) is 0 Å². The van der Waals surface area contributed by atoms with Gasteiger partial charge in [0.15, 0.2) is 0 Å². The minimum absolute atomic E-state index is 0.141. The first-order valence-corrected chi connectivity index (χ1v) is 7.58. The highest BCUT2D eigenvalue weighted by Gasteiger charge is 2.46. The van der Waals surface area contributed by atoms with Gasteiger partial charge in [0.1, 0.15) is 0 Å². The minimum Gasteiger partial charge on any atom is -0.396 e. The van der Waals surface area contributed by atoms with Gasteiger partial charge >= 0.3 is 0 Å². The first-order valence-electron chi connectivity index (χ1n) is 7.58. The molecule has 0 spiro atoms. The number of rotatable bonds is 5. The molecule has 2 heteroatoms. The normalized spacial score (nSPS) is 30.5. The fraction of sp³-hybridized carbons (Fsp3) is 1.00. The molecule has 0 aromatic carbocycles. The SMILES string of the molecule is CCC(C)(C)C1CCC(CCO)(C(C)(C)N)CC1. The van der Waals surface area contributed by atoms with Gasteiger partial charge in [-0.1, -0.05) is 27.2 Å². The molecule has 0 aromatic heterocycles. The van der Waals surface area contributed by atoms with Crippen molar-refractivity contribution in [2.45, 2.75) is 78.7 Å². The van der Waals surface area contributed by atoms with Gasteiger partial charge in [-0.05, 0) is 62.7 Å². The van der Waals surface area contributed by atoms with Crippen LogP contribution in [0.3, 0.4) is 0 Å². The van der Waals surface area contributed by atoms with E-state index in [9.17, 15) is 5.11 Å². The summed E-state index contributed by atoms with van der Waals surface area (Å²) in [6, 6.07) is 0. The van der Waals surface area contributed by atoms with Crippen LogP contribution in [0.2, 0.25) is 0 Å². The Balaban J connectivity index is 2.76. The maximum absolute atomic E-state index is 9.36. The van der Waals surface area contributed by atoms with Crippen molar-refractivity contribution in [3.63, 3.8) is 0 Å². The van der Waals surface area contributed by atoms with E-state index in [-0.39, 0.29) is 17.6 Å². The van der Waals surface area contributed by atoms with Crippen LogP contribution in [0.5, 0.6) is 0 Å². The van der Waals surface area contributed by atoms with Crippen LogP contribution in [0.1, 0.15) is 73.1 Å². The molecular weight excluding hydrogens is 222 g/mol. The molecule has 2 nitrogen and oxygen atoms in total. The van der Waals surface area contributed by atoms with Crippen molar-refractivity contribution in [1.82, 2.24) is 0 Å². The maximum Gasteiger partial charge on any atom is 0.0437 e. The zero-order valence-electron chi connectivity index (χ0n) is 13.1. The predicted octanol–water partition coefficient (Wildman–Crippen LogP) is 3.72. The molecule has 0 saturated heterocycles. The van der Waals surface area contributed by atoms with Gasteiger partial charge in [-0.25, -0.2) is 0 Å². The summed E-state index contributed by atoms with van der Waals surface area (Å²) in [4.78, 5) is 0. The van der Waals surface area contributed by atoms with Crippen molar-refractivity contribution in [3.8, 4) is 0 Å². The van der Waals surface area contributed by atoms with Crippen molar-refractivity contribution in [1.29, 1.82) is 0 Å². The van der Waals surface area contributed by atoms with Gasteiger partial charge in [0.25, 0.3) is 0 Å². The molecule has 0 aliphatic heterocycles. The third kappa shape index (κ3) is 3.08. The van der Waals surface area contributed by atoms with Crippen LogP contribution in [0.25, 0.3) is 0 Å². The number of aliphatic hydroxyl groups is 1. The van der Waals surface area contributed by atoms with Gasteiger partial charge < -0.3 is 10.8 Å².